The van der Waals surface area contributed by atoms with Gasteiger partial charge in [0.15, 0.2) is 0 Å². The van der Waals surface area contributed by atoms with Crippen molar-refractivity contribution in [3.05, 3.63) is 51.8 Å². The lowest BCUT2D eigenvalue weighted by molar-refractivity contribution is 0.103. The summed E-state index contributed by atoms with van der Waals surface area (Å²) in [5.74, 6) is 1.06. The molecule has 0 amide bonds. The zero-order valence-electron chi connectivity index (χ0n) is 11.4. The summed E-state index contributed by atoms with van der Waals surface area (Å²) >= 11 is 3.29. The van der Waals surface area contributed by atoms with Crippen LogP contribution in [0.15, 0.2) is 34.9 Å². The monoisotopic (exact) mass is 335 g/mol. The van der Waals surface area contributed by atoms with Gasteiger partial charge in [0.05, 0.1) is 14.2 Å². The molecule has 104 valence electrons. The number of carbonyl (C=O) groups excluding carboxylic acids is 1. The summed E-state index contributed by atoms with van der Waals surface area (Å²) in [6.07, 6.45) is 1.59. The fraction of sp³-hybridized carbons (Fsp3) is 0.200. The normalized spacial score (nSPS) is 10.2. The predicted molar refractivity (Wildman–Crippen MR) is 79.7 cm³/mol. The van der Waals surface area contributed by atoms with Crippen LogP contribution in [0, 0.1) is 6.92 Å². The number of carbonyl (C=O) groups is 1. The average molecular weight is 336 g/mol. The molecule has 0 saturated carbocycles. The highest BCUT2D eigenvalue weighted by atomic mass is 79.9. The van der Waals surface area contributed by atoms with Crippen molar-refractivity contribution in [2.45, 2.75) is 6.92 Å². The molecule has 0 radical (unpaired) electrons. The molecule has 0 aliphatic carbocycles. The van der Waals surface area contributed by atoms with E-state index in [0.717, 1.165) is 10.0 Å². The zero-order chi connectivity index (χ0) is 14.7. The molecule has 0 aliphatic rings. The first-order valence-corrected chi connectivity index (χ1v) is 6.75. The molecular weight excluding hydrogens is 322 g/mol. The fourth-order valence-electron chi connectivity index (χ4n) is 1.88. The second-order valence-corrected chi connectivity index (χ2v) is 5.11. The quantitative estimate of drug-likeness (QED) is 0.803. The summed E-state index contributed by atoms with van der Waals surface area (Å²) in [6, 6.07) is 6.85. The Morgan fingerprint density at radius 1 is 1.15 bits per heavy atom. The SMILES string of the molecule is COc1cc(C(=O)c2ccc(Br)cn2)cc(OC)c1C. The molecule has 4 nitrogen and oxygen atoms in total. The first-order valence-electron chi connectivity index (χ1n) is 5.95. The number of pyridine rings is 1. The number of ether oxygens (including phenoxy) is 2. The number of nitrogens with zero attached hydrogens (tertiary/aromatic N) is 1. The number of aromatic nitrogens is 1. The lowest BCUT2D eigenvalue weighted by atomic mass is 10.0. The number of ketones is 1. The first-order chi connectivity index (χ1) is 9.56. The number of hydrogen-bond acceptors (Lipinski definition) is 4. The number of methoxy groups -OCH3 is 2. The molecule has 0 aliphatic heterocycles. The van der Waals surface area contributed by atoms with E-state index in [4.69, 9.17) is 9.47 Å². The van der Waals surface area contributed by atoms with Crippen molar-refractivity contribution in [1.29, 1.82) is 0 Å². The van der Waals surface area contributed by atoms with Crippen LogP contribution < -0.4 is 9.47 Å². The van der Waals surface area contributed by atoms with Crippen molar-refractivity contribution in [3.63, 3.8) is 0 Å². The summed E-state index contributed by atoms with van der Waals surface area (Å²) in [6.45, 7) is 1.88. The number of rotatable bonds is 4. The van der Waals surface area contributed by atoms with Crippen molar-refractivity contribution >= 4 is 21.7 Å². The van der Waals surface area contributed by atoms with Gasteiger partial charge in [0.2, 0.25) is 5.78 Å². The Morgan fingerprint density at radius 2 is 1.75 bits per heavy atom. The molecule has 1 aromatic carbocycles. The summed E-state index contributed by atoms with van der Waals surface area (Å²) in [7, 11) is 3.13. The van der Waals surface area contributed by atoms with Gasteiger partial charge in [0.25, 0.3) is 0 Å². The molecule has 0 unspecified atom stereocenters. The van der Waals surface area contributed by atoms with E-state index in [-0.39, 0.29) is 5.78 Å². The fourth-order valence-corrected chi connectivity index (χ4v) is 2.11. The van der Waals surface area contributed by atoms with Gasteiger partial charge in [-0.1, -0.05) is 0 Å². The highest BCUT2D eigenvalue weighted by Crippen LogP contribution is 2.30. The highest BCUT2D eigenvalue weighted by Gasteiger charge is 2.16. The minimum atomic E-state index is -0.172. The Hall–Kier alpha value is -1.88. The van der Waals surface area contributed by atoms with E-state index in [2.05, 4.69) is 20.9 Å². The van der Waals surface area contributed by atoms with E-state index in [0.29, 0.717) is 22.8 Å². The van der Waals surface area contributed by atoms with Crippen molar-refractivity contribution in [1.82, 2.24) is 4.98 Å². The third-order valence-electron chi connectivity index (χ3n) is 2.97. The van der Waals surface area contributed by atoms with Crippen LogP contribution in [0.3, 0.4) is 0 Å². The molecule has 20 heavy (non-hydrogen) atoms. The third kappa shape index (κ3) is 2.82. The lowest BCUT2D eigenvalue weighted by Gasteiger charge is -2.12. The van der Waals surface area contributed by atoms with Crippen LogP contribution in [0.4, 0.5) is 0 Å². The zero-order valence-corrected chi connectivity index (χ0v) is 13.0. The van der Waals surface area contributed by atoms with Gasteiger partial charge in [0.1, 0.15) is 17.2 Å². The maximum absolute atomic E-state index is 12.4. The van der Waals surface area contributed by atoms with E-state index >= 15 is 0 Å². The number of benzene rings is 1. The molecule has 5 heteroatoms. The van der Waals surface area contributed by atoms with Gasteiger partial charge in [-0.3, -0.25) is 9.78 Å². The minimum absolute atomic E-state index is 0.172. The molecule has 1 aromatic heterocycles. The van der Waals surface area contributed by atoms with Crippen molar-refractivity contribution < 1.29 is 14.3 Å². The van der Waals surface area contributed by atoms with Crippen molar-refractivity contribution in [3.8, 4) is 11.5 Å². The number of halogens is 1. The van der Waals surface area contributed by atoms with Crippen LogP contribution in [0.2, 0.25) is 0 Å². The standard InChI is InChI=1S/C15H14BrNO3/c1-9-13(19-2)6-10(7-14(9)20-3)15(18)12-5-4-11(16)8-17-12/h4-8H,1-3H3. The summed E-state index contributed by atoms with van der Waals surface area (Å²) in [5.41, 5.74) is 1.72. The van der Waals surface area contributed by atoms with Gasteiger partial charge < -0.3 is 9.47 Å². The Bertz CT molecular complexity index is 613. The van der Waals surface area contributed by atoms with Crippen LogP contribution >= 0.6 is 15.9 Å². The van der Waals surface area contributed by atoms with Crippen LogP contribution in [0.5, 0.6) is 11.5 Å². The average Bonchev–Trinajstić information content (AvgIpc) is 2.47. The molecule has 2 rings (SSSR count). The van der Waals surface area contributed by atoms with Gasteiger partial charge in [0, 0.05) is 21.8 Å². The maximum Gasteiger partial charge on any atom is 0.211 e. The van der Waals surface area contributed by atoms with Gasteiger partial charge >= 0.3 is 0 Å². The molecule has 2 aromatic rings. The molecule has 0 spiro atoms. The summed E-state index contributed by atoms with van der Waals surface area (Å²) in [5, 5.41) is 0. The van der Waals surface area contributed by atoms with Crippen LogP contribution in [-0.4, -0.2) is 25.0 Å². The van der Waals surface area contributed by atoms with Crippen molar-refractivity contribution in [2.24, 2.45) is 0 Å². The van der Waals surface area contributed by atoms with E-state index in [1.165, 1.54) is 0 Å². The van der Waals surface area contributed by atoms with Crippen LogP contribution in [0.1, 0.15) is 21.6 Å². The van der Waals surface area contributed by atoms with E-state index in [9.17, 15) is 4.79 Å². The Kier molecular flexibility index (Phi) is 4.39. The van der Waals surface area contributed by atoms with Crippen LogP contribution in [-0.2, 0) is 0 Å². The second-order valence-electron chi connectivity index (χ2n) is 4.20. The van der Waals surface area contributed by atoms with E-state index in [1.54, 1.807) is 44.7 Å². The molecule has 0 saturated heterocycles. The number of hydrogen-bond donors (Lipinski definition) is 0. The van der Waals surface area contributed by atoms with Crippen molar-refractivity contribution in [2.75, 3.05) is 14.2 Å². The Morgan fingerprint density at radius 3 is 2.20 bits per heavy atom. The second kappa shape index (κ2) is 6.05. The molecular formula is C15H14BrNO3. The van der Waals surface area contributed by atoms with Gasteiger partial charge in [-0.05, 0) is 47.1 Å². The smallest absolute Gasteiger partial charge is 0.211 e. The lowest BCUT2D eigenvalue weighted by Crippen LogP contribution is -2.05. The van der Waals surface area contributed by atoms with Gasteiger partial charge in [-0.25, -0.2) is 0 Å². The predicted octanol–water partition coefficient (Wildman–Crippen LogP) is 3.40. The maximum atomic E-state index is 12.4. The van der Waals surface area contributed by atoms with E-state index < -0.39 is 0 Å². The topological polar surface area (TPSA) is 48.4 Å². The molecule has 0 N–H and O–H groups in total. The first kappa shape index (κ1) is 14.5. The molecule has 1 heterocycles. The van der Waals surface area contributed by atoms with Crippen LogP contribution in [0.25, 0.3) is 0 Å². The highest BCUT2D eigenvalue weighted by molar-refractivity contribution is 9.10. The van der Waals surface area contributed by atoms with E-state index in [1.807, 2.05) is 6.92 Å². The molecule has 0 atom stereocenters. The third-order valence-corrected chi connectivity index (χ3v) is 3.44. The molecule has 0 fully saturated rings. The molecule has 0 bridgehead atoms. The Balaban J connectivity index is 2.46. The Labute approximate surface area is 125 Å². The van der Waals surface area contributed by atoms with Gasteiger partial charge in [-0.15, -0.1) is 0 Å². The summed E-state index contributed by atoms with van der Waals surface area (Å²) in [4.78, 5) is 16.5. The van der Waals surface area contributed by atoms with Gasteiger partial charge in [-0.2, -0.15) is 0 Å². The minimum Gasteiger partial charge on any atom is -0.496 e. The summed E-state index contributed by atoms with van der Waals surface area (Å²) < 4.78 is 11.4. The largest absolute Gasteiger partial charge is 0.496 e.